The van der Waals surface area contributed by atoms with Crippen molar-refractivity contribution in [1.29, 1.82) is 0 Å². The third-order valence-electron chi connectivity index (χ3n) is 4.20. The summed E-state index contributed by atoms with van der Waals surface area (Å²) in [7, 11) is 1.66. The predicted molar refractivity (Wildman–Crippen MR) is 101 cm³/mol. The number of hydrogen-bond acceptors (Lipinski definition) is 6. The standard InChI is InChI=1S/C18H20N6OS/c1-11(2)9-16-20-21-18-24(16)22-17(26-18)15-10-19-23(12(15)3)13-5-7-14(25-4)8-6-13/h5-8,10-11H,9H2,1-4H3. The molecule has 0 N–H and O–H groups in total. The minimum absolute atomic E-state index is 0.507. The number of rotatable bonds is 5. The third kappa shape index (κ3) is 2.86. The van der Waals surface area contributed by atoms with E-state index in [0.29, 0.717) is 5.92 Å². The average Bonchev–Trinajstić information content (AvgIpc) is 3.30. The highest BCUT2D eigenvalue weighted by molar-refractivity contribution is 7.19. The maximum absolute atomic E-state index is 5.22. The zero-order valence-corrected chi connectivity index (χ0v) is 16.0. The summed E-state index contributed by atoms with van der Waals surface area (Å²) >= 11 is 1.53. The van der Waals surface area contributed by atoms with Gasteiger partial charge in [-0.2, -0.15) is 14.7 Å². The van der Waals surface area contributed by atoms with Gasteiger partial charge in [-0.15, -0.1) is 10.2 Å². The molecular weight excluding hydrogens is 348 g/mol. The van der Waals surface area contributed by atoms with Crippen LogP contribution in [0.25, 0.3) is 21.2 Å². The lowest BCUT2D eigenvalue weighted by molar-refractivity contribution is 0.414. The zero-order valence-electron chi connectivity index (χ0n) is 15.2. The fraction of sp³-hybridized carbons (Fsp3) is 0.333. The van der Waals surface area contributed by atoms with Crippen LogP contribution in [0, 0.1) is 12.8 Å². The Morgan fingerprint density at radius 1 is 1.15 bits per heavy atom. The van der Waals surface area contributed by atoms with E-state index in [9.17, 15) is 0 Å². The van der Waals surface area contributed by atoms with Crippen LogP contribution in [-0.4, -0.2) is 36.7 Å². The Bertz CT molecular complexity index is 1040. The van der Waals surface area contributed by atoms with Crippen molar-refractivity contribution in [2.45, 2.75) is 27.2 Å². The van der Waals surface area contributed by atoms with Gasteiger partial charge in [-0.3, -0.25) is 0 Å². The zero-order chi connectivity index (χ0) is 18.3. The molecule has 3 heterocycles. The van der Waals surface area contributed by atoms with E-state index in [1.807, 2.05) is 46.6 Å². The van der Waals surface area contributed by atoms with E-state index in [4.69, 9.17) is 9.84 Å². The number of nitrogens with zero attached hydrogens (tertiary/aromatic N) is 6. The molecule has 0 spiro atoms. The Labute approximate surface area is 155 Å². The molecule has 0 aliphatic rings. The number of aromatic nitrogens is 6. The molecular formula is C18H20N6OS. The number of methoxy groups -OCH3 is 1. The van der Waals surface area contributed by atoms with Crippen LogP contribution in [0.15, 0.2) is 30.5 Å². The van der Waals surface area contributed by atoms with Crippen LogP contribution in [0.1, 0.15) is 25.4 Å². The molecule has 7 nitrogen and oxygen atoms in total. The molecule has 26 heavy (non-hydrogen) atoms. The fourth-order valence-corrected chi connectivity index (χ4v) is 3.78. The molecule has 0 fully saturated rings. The van der Waals surface area contributed by atoms with E-state index in [-0.39, 0.29) is 0 Å². The SMILES string of the molecule is COc1ccc(-n2ncc(-c3nn4c(CC(C)C)nnc4s3)c2C)cc1. The van der Waals surface area contributed by atoms with Crippen molar-refractivity contribution in [3.05, 3.63) is 42.0 Å². The Morgan fingerprint density at radius 2 is 1.92 bits per heavy atom. The Morgan fingerprint density at radius 3 is 2.62 bits per heavy atom. The van der Waals surface area contributed by atoms with Crippen molar-refractivity contribution < 1.29 is 4.74 Å². The normalized spacial score (nSPS) is 11.6. The topological polar surface area (TPSA) is 70.1 Å². The van der Waals surface area contributed by atoms with Gasteiger partial charge in [0.2, 0.25) is 4.96 Å². The number of fused-ring (bicyclic) bond motifs is 1. The quantitative estimate of drug-likeness (QED) is 0.539. The maximum Gasteiger partial charge on any atom is 0.234 e. The summed E-state index contributed by atoms with van der Waals surface area (Å²) in [6, 6.07) is 7.83. The molecule has 1 aromatic carbocycles. The summed E-state index contributed by atoms with van der Waals surface area (Å²) in [5, 5.41) is 18.7. The van der Waals surface area contributed by atoms with Gasteiger partial charge in [-0.1, -0.05) is 25.2 Å². The van der Waals surface area contributed by atoms with Gasteiger partial charge in [0.1, 0.15) is 5.75 Å². The van der Waals surface area contributed by atoms with Crippen LogP contribution >= 0.6 is 11.3 Å². The monoisotopic (exact) mass is 368 g/mol. The number of hydrogen-bond donors (Lipinski definition) is 0. The lowest BCUT2D eigenvalue weighted by Gasteiger charge is -2.06. The number of benzene rings is 1. The van der Waals surface area contributed by atoms with Crippen molar-refractivity contribution in [3.8, 4) is 22.0 Å². The van der Waals surface area contributed by atoms with Gasteiger partial charge in [-0.25, -0.2) is 4.68 Å². The van der Waals surface area contributed by atoms with Gasteiger partial charge >= 0.3 is 0 Å². The van der Waals surface area contributed by atoms with Gasteiger partial charge in [0.25, 0.3) is 0 Å². The van der Waals surface area contributed by atoms with E-state index in [2.05, 4.69) is 29.1 Å². The van der Waals surface area contributed by atoms with E-state index in [1.165, 1.54) is 11.3 Å². The van der Waals surface area contributed by atoms with Crippen molar-refractivity contribution in [3.63, 3.8) is 0 Å². The second-order valence-corrected chi connectivity index (χ2v) is 7.53. The molecule has 0 amide bonds. The van der Waals surface area contributed by atoms with E-state index < -0.39 is 0 Å². The molecule has 3 aromatic heterocycles. The molecule has 0 radical (unpaired) electrons. The smallest absolute Gasteiger partial charge is 0.234 e. The van der Waals surface area contributed by atoms with E-state index in [0.717, 1.165) is 44.9 Å². The van der Waals surface area contributed by atoms with Crippen molar-refractivity contribution >= 4 is 16.3 Å². The first-order valence-corrected chi connectivity index (χ1v) is 9.29. The maximum atomic E-state index is 5.22. The van der Waals surface area contributed by atoms with Crippen LogP contribution in [0.3, 0.4) is 0 Å². The Kier molecular flexibility index (Phi) is 4.20. The highest BCUT2D eigenvalue weighted by Gasteiger charge is 2.18. The molecule has 0 aliphatic heterocycles. The second kappa shape index (κ2) is 6.53. The lowest BCUT2D eigenvalue weighted by Crippen LogP contribution is -2.01. The fourth-order valence-electron chi connectivity index (χ4n) is 2.86. The average molecular weight is 368 g/mol. The first kappa shape index (κ1) is 16.7. The molecule has 0 aliphatic carbocycles. The van der Waals surface area contributed by atoms with Crippen LogP contribution in [0.5, 0.6) is 5.75 Å². The highest BCUT2D eigenvalue weighted by Crippen LogP contribution is 2.29. The van der Waals surface area contributed by atoms with Gasteiger partial charge in [0.15, 0.2) is 10.8 Å². The van der Waals surface area contributed by atoms with Crippen molar-refractivity contribution in [1.82, 2.24) is 29.6 Å². The summed E-state index contributed by atoms with van der Waals surface area (Å²) < 4.78 is 8.98. The molecule has 0 saturated heterocycles. The third-order valence-corrected chi connectivity index (χ3v) is 5.14. The van der Waals surface area contributed by atoms with Crippen LogP contribution in [-0.2, 0) is 6.42 Å². The molecule has 4 rings (SSSR count). The Hall–Kier alpha value is -2.74. The summed E-state index contributed by atoms with van der Waals surface area (Å²) in [5.41, 5.74) is 3.02. The minimum atomic E-state index is 0.507. The van der Waals surface area contributed by atoms with Crippen molar-refractivity contribution in [2.24, 2.45) is 5.92 Å². The van der Waals surface area contributed by atoms with Crippen LogP contribution in [0.2, 0.25) is 0 Å². The summed E-state index contributed by atoms with van der Waals surface area (Å²) in [6.07, 6.45) is 2.71. The lowest BCUT2D eigenvalue weighted by atomic mass is 10.1. The van der Waals surface area contributed by atoms with E-state index in [1.54, 1.807) is 7.11 Å². The van der Waals surface area contributed by atoms with Gasteiger partial charge in [0, 0.05) is 6.42 Å². The summed E-state index contributed by atoms with van der Waals surface area (Å²) in [5.74, 6) is 2.23. The Balaban J connectivity index is 1.71. The van der Waals surface area contributed by atoms with Crippen molar-refractivity contribution in [2.75, 3.05) is 7.11 Å². The minimum Gasteiger partial charge on any atom is -0.497 e. The first-order valence-electron chi connectivity index (χ1n) is 8.47. The predicted octanol–water partition coefficient (Wildman–Crippen LogP) is 3.55. The van der Waals surface area contributed by atoms with Gasteiger partial charge in [0.05, 0.1) is 30.3 Å². The molecule has 8 heteroatoms. The first-order chi connectivity index (χ1) is 12.6. The van der Waals surface area contributed by atoms with Crippen LogP contribution in [0.4, 0.5) is 0 Å². The van der Waals surface area contributed by atoms with Gasteiger partial charge < -0.3 is 4.74 Å². The molecule has 0 atom stereocenters. The molecule has 134 valence electrons. The molecule has 0 unspecified atom stereocenters. The summed E-state index contributed by atoms with van der Waals surface area (Å²) in [4.78, 5) is 0.812. The molecule has 4 aromatic rings. The summed E-state index contributed by atoms with van der Waals surface area (Å²) in [6.45, 7) is 6.37. The van der Waals surface area contributed by atoms with Crippen LogP contribution < -0.4 is 4.74 Å². The highest BCUT2D eigenvalue weighted by atomic mass is 32.1. The molecule has 0 saturated carbocycles. The van der Waals surface area contributed by atoms with Gasteiger partial charge in [-0.05, 0) is 37.1 Å². The number of ether oxygens (including phenoxy) is 1. The second-order valence-electron chi connectivity index (χ2n) is 6.57. The van der Waals surface area contributed by atoms with E-state index >= 15 is 0 Å². The largest absolute Gasteiger partial charge is 0.497 e. The molecule has 0 bridgehead atoms.